The molecule has 1 heterocycles. The summed E-state index contributed by atoms with van der Waals surface area (Å²) in [6.45, 7) is 0. The highest BCUT2D eigenvalue weighted by molar-refractivity contribution is 8.14. The average Bonchev–Trinajstić information content (AvgIpc) is 3.01. The van der Waals surface area contributed by atoms with Gasteiger partial charge in [0.15, 0.2) is 5.17 Å². The summed E-state index contributed by atoms with van der Waals surface area (Å²) in [6, 6.07) is 0.570. The van der Waals surface area contributed by atoms with Crippen LogP contribution < -0.4 is 5.32 Å². The van der Waals surface area contributed by atoms with Crippen molar-refractivity contribution < 1.29 is 0 Å². The van der Waals surface area contributed by atoms with Gasteiger partial charge in [0.2, 0.25) is 0 Å². The van der Waals surface area contributed by atoms with Crippen LogP contribution in [0, 0.1) is 0 Å². The first kappa shape index (κ1) is 13.2. The predicted molar refractivity (Wildman–Crippen MR) is 83.8 cm³/mol. The van der Waals surface area contributed by atoms with Crippen LogP contribution in [-0.2, 0) is 0 Å². The van der Waals surface area contributed by atoms with Gasteiger partial charge in [0.25, 0.3) is 0 Å². The standard InChI is InChI=1S/C14H24N2S2/c1-17-12-7-3-2-6-11(12)15-13-16-14(10-18-13)8-4-5-9-14/h11-12H,2-10H2,1H3,(H,15,16). The van der Waals surface area contributed by atoms with E-state index in [-0.39, 0.29) is 0 Å². The molecule has 0 aromatic heterocycles. The number of amidine groups is 1. The van der Waals surface area contributed by atoms with Crippen molar-refractivity contribution >= 4 is 28.7 Å². The van der Waals surface area contributed by atoms with Gasteiger partial charge < -0.3 is 5.32 Å². The molecule has 1 aliphatic heterocycles. The Morgan fingerprint density at radius 3 is 2.78 bits per heavy atom. The summed E-state index contributed by atoms with van der Waals surface area (Å²) >= 11 is 3.99. The highest BCUT2D eigenvalue weighted by atomic mass is 32.2. The van der Waals surface area contributed by atoms with E-state index in [0.717, 1.165) is 5.25 Å². The van der Waals surface area contributed by atoms with Crippen molar-refractivity contribution in [2.75, 3.05) is 12.0 Å². The average molecular weight is 284 g/mol. The van der Waals surface area contributed by atoms with E-state index >= 15 is 0 Å². The lowest BCUT2D eigenvalue weighted by Crippen LogP contribution is -2.41. The first-order chi connectivity index (χ1) is 8.81. The number of hydrogen-bond acceptors (Lipinski definition) is 3. The van der Waals surface area contributed by atoms with Gasteiger partial charge in [-0.15, -0.1) is 0 Å². The van der Waals surface area contributed by atoms with Crippen molar-refractivity contribution in [1.82, 2.24) is 5.32 Å². The third kappa shape index (κ3) is 2.69. The maximum absolute atomic E-state index is 5.05. The van der Waals surface area contributed by atoms with Crippen molar-refractivity contribution in [3.63, 3.8) is 0 Å². The number of hydrogen-bond donors (Lipinski definition) is 1. The third-order valence-corrected chi connectivity index (χ3v) is 7.00. The van der Waals surface area contributed by atoms with Crippen molar-refractivity contribution in [2.24, 2.45) is 4.99 Å². The molecule has 1 N–H and O–H groups in total. The number of aliphatic imine (C=N–C) groups is 1. The fraction of sp³-hybridized carbons (Fsp3) is 0.929. The minimum atomic E-state index is 0.424. The normalized spacial score (nSPS) is 37.3. The predicted octanol–water partition coefficient (Wildman–Crippen LogP) is 3.67. The number of nitrogens with zero attached hydrogens (tertiary/aromatic N) is 1. The molecule has 18 heavy (non-hydrogen) atoms. The summed E-state index contributed by atoms with van der Waals surface area (Å²) in [7, 11) is 0. The largest absolute Gasteiger partial charge is 0.359 e. The molecule has 2 aliphatic carbocycles. The second-order valence-electron chi connectivity index (χ2n) is 5.96. The highest BCUT2D eigenvalue weighted by Crippen LogP contribution is 2.38. The van der Waals surface area contributed by atoms with Crippen LogP contribution in [0.15, 0.2) is 4.99 Å². The Hall–Kier alpha value is 0.170. The van der Waals surface area contributed by atoms with Crippen molar-refractivity contribution in [3.8, 4) is 0 Å². The fourth-order valence-corrected chi connectivity index (χ4v) is 5.73. The van der Waals surface area contributed by atoms with E-state index in [1.165, 1.54) is 62.3 Å². The monoisotopic (exact) mass is 284 g/mol. The van der Waals surface area contributed by atoms with E-state index < -0.39 is 0 Å². The number of thioether (sulfide) groups is 2. The molecule has 0 aromatic carbocycles. The molecule has 3 fully saturated rings. The van der Waals surface area contributed by atoms with Gasteiger partial charge in [-0.25, -0.2) is 0 Å². The molecule has 0 radical (unpaired) electrons. The quantitative estimate of drug-likeness (QED) is 0.837. The Balaban J connectivity index is 1.65. The van der Waals surface area contributed by atoms with Gasteiger partial charge in [-0.1, -0.05) is 37.4 Å². The molecule has 2 atom stereocenters. The van der Waals surface area contributed by atoms with Crippen molar-refractivity contribution in [3.05, 3.63) is 0 Å². The zero-order valence-electron chi connectivity index (χ0n) is 11.3. The molecule has 2 nitrogen and oxygen atoms in total. The molecule has 102 valence electrons. The van der Waals surface area contributed by atoms with Crippen LogP contribution in [0.5, 0.6) is 0 Å². The second kappa shape index (κ2) is 5.66. The lowest BCUT2D eigenvalue weighted by molar-refractivity contribution is 0.439. The van der Waals surface area contributed by atoms with Crippen molar-refractivity contribution in [1.29, 1.82) is 0 Å². The summed E-state index contributed by atoms with van der Waals surface area (Å²) < 4.78 is 0. The highest BCUT2D eigenvalue weighted by Gasteiger charge is 2.40. The summed E-state index contributed by atoms with van der Waals surface area (Å²) in [5, 5.41) is 5.77. The van der Waals surface area contributed by atoms with Gasteiger partial charge >= 0.3 is 0 Å². The van der Waals surface area contributed by atoms with Crippen LogP contribution in [-0.4, -0.2) is 34.0 Å². The van der Waals surface area contributed by atoms with Gasteiger partial charge in [-0.3, -0.25) is 4.99 Å². The maximum Gasteiger partial charge on any atom is 0.157 e. The molecular formula is C14H24N2S2. The Labute approximate surface area is 119 Å². The minimum absolute atomic E-state index is 0.424. The summed E-state index contributed by atoms with van der Waals surface area (Å²) in [6.07, 6.45) is 13.2. The molecular weight excluding hydrogens is 260 g/mol. The zero-order valence-corrected chi connectivity index (χ0v) is 12.9. The van der Waals surface area contributed by atoms with Crippen LogP contribution in [0.3, 0.4) is 0 Å². The fourth-order valence-electron chi connectivity index (χ4n) is 3.55. The van der Waals surface area contributed by atoms with Crippen LogP contribution >= 0.6 is 23.5 Å². The first-order valence-corrected chi connectivity index (χ1v) is 9.60. The molecule has 0 aromatic rings. The molecule has 0 amide bonds. The lowest BCUT2D eigenvalue weighted by Gasteiger charge is -2.28. The zero-order chi connectivity index (χ0) is 12.4. The van der Waals surface area contributed by atoms with Crippen LogP contribution in [0.4, 0.5) is 0 Å². The topological polar surface area (TPSA) is 24.4 Å². The van der Waals surface area contributed by atoms with Gasteiger partial charge in [-0.05, 0) is 31.9 Å². The SMILES string of the molecule is CSC1CCCCC1N=C1NC2(CCCC2)CS1. The Morgan fingerprint density at radius 2 is 2.00 bits per heavy atom. The van der Waals surface area contributed by atoms with Crippen LogP contribution in [0.2, 0.25) is 0 Å². The maximum atomic E-state index is 5.05. The number of rotatable bonds is 2. The summed E-state index contributed by atoms with van der Waals surface area (Å²) in [5.74, 6) is 1.25. The third-order valence-electron chi connectivity index (χ3n) is 4.67. The Kier molecular flexibility index (Phi) is 4.14. The van der Waals surface area contributed by atoms with Crippen LogP contribution in [0.1, 0.15) is 51.4 Å². The Bertz CT molecular complexity index is 324. The molecule has 1 spiro atoms. The van der Waals surface area contributed by atoms with Gasteiger partial charge in [0, 0.05) is 16.5 Å². The summed E-state index contributed by atoms with van der Waals surface area (Å²) in [5.41, 5.74) is 0.424. The van der Waals surface area contributed by atoms with E-state index in [2.05, 4.69) is 11.6 Å². The Morgan fingerprint density at radius 1 is 1.22 bits per heavy atom. The van der Waals surface area contributed by atoms with Gasteiger partial charge in [0.05, 0.1) is 6.04 Å². The van der Waals surface area contributed by atoms with Crippen LogP contribution in [0.25, 0.3) is 0 Å². The van der Waals surface area contributed by atoms with E-state index in [0.29, 0.717) is 11.6 Å². The molecule has 2 unspecified atom stereocenters. The van der Waals surface area contributed by atoms with E-state index in [4.69, 9.17) is 4.99 Å². The first-order valence-electron chi connectivity index (χ1n) is 7.33. The smallest absolute Gasteiger partial charge is 0.157 e. The van der Waals surface area contributed by atoms with E-state index in [1.54, 1.807) is 0 Å². The number of nitrogens with one attached hydrogen (secondary N) is 1. The van der Waals surface area contributed by atoms with Gasteiger partial charge in [-0.2, -0.15) is 11.8 Å². The second-order valence-corrected chi connectivity index (χ2v) is 8.00. The van der Waals surface area contributed by atoms with Crippen molar-refractivity contribution in [2.45, 2.75) is 68.2 Å². The molecule has 2 saturated carbocycles. The van der Waals surface area contributed by atoms with Gasteiger partial charge in [0.1, 0.15) is 0 Å². The molecule has 3 rings (SSSR count). The minimum Gasteiger partial charge on any atom is -0.359 e. The molecule has 1 saturated heterocycles. The lowest BCUT2D eigenvalue weighted by atomic mass is 9.95. The molecule has 4 heteroatoms. The van der Waals surface area contributed by atoms with E-state index in [1.807, 2.05) is 23.5 Å². The molecule has 3 aliphatic rings. The van der Waals surface area contributed by atoms with E-state index in [9.17, 15) is 0 Å². The molecule has 0 bridgehead atoms. The summed E-state index contributed by atoms with van der Waals surface area (Å²) in [4.78, 5) is 5.05.